The maximum atomic E-state index is 2.28. The van der Waals surface area contributed by atoms with Crippen LogP contribution in [0.3, 0.4) is 0 Å². The van der Waals surface area contributed by atoms with Crippen molar-refractivity contribution in [1.82, 2.24) is 0 Å². The van der Waals surface area contributed by atoms with Crippen LogP contribution in [-0.4, -0.2) is 0 Å². The van der Waals surface area contributed by atoms with Crippen molar-refractivity contribution in [2.45, 2.75) is 69.2 Å². The van der Waals surface area contributed by atoms with Crippen molar-refractivity contribution < 1.29 is 0 Å². The second-order valence-electron chi connectivity index (χ2n) is 22.4. The Bertz CT molecular complexity index is 4570. The Morgan fingerprint density at radius 3 is 0.713 bits per heavy atom. The zero-order valence-corrected chi connectivity index (χ0v) is 48.1. The van der Waals surface area contributed by atoms with Crippen LogP contribution < -0.4 is 0 Å². The van der Waals surface area contributed by atoms with Crippen LogP contribution in [0, 0.1) is 69.2 Å². The number of benzene rings is 15. The van der Waals surface area contributed by atoms with Gasteiger partial charge in [0.15, 0.2) is 0 Å². The molecule has 0 aromatic heterocycles. The van der Waals surface area contributed by atoms with E-state index in [0.717, 1.165) is 0 Å². The van der Waals surface area contributed by atoms with Gasteiger partial charge in [0.25, 0.3) is 0 Å². The van der Waals surface area contributed by atoms with E-state index in [2.05, 4.69) is 312 Å². The summed E-state index contributed by atoms with van der Waals surface area (Å²) in [5, 5.41) is 26.8. The highest BCUT2D eigenvalue weighted by Crippen LogP contribution is 2.32. The maximum Gasteiger partial charge on any atom is -0.0146 e. The van der Waals surface area contributed by atoms with E-state index in [1.54, 1.807) is 0 Å². The molecule has 0 radical (unpaired) electrons. The van der Waals surface area contributed by atoms with Crippen molar-refractivity contribution in [2.75, 3.05) is 0 Å². The molecule has 0 aliphatic heterocycles. The van der Waals surface area contributed by atoms with Gasteiger partial charge in [-0.1, -0.05) is 239 Å². The highest BCUT2D eigenvalue weighted by atomic mass is 14.1. The van der Waals surface area contributed by atoms with Gasteiger partial charge in [-0.2, -0.15) is 0 Å². The van der Waals surface area contributed by atoms with E-state index in [4.69, 9.17) is 0 Å². The molecule has 0 aliphatic carbocycles. The maximum absolute atomic E-state index is 2.28. The normalized spacial score (nSPS) is 11.1. The van der Waals surface area contributed by atoms with Crippen molar-refractivity contribution in [3.63, 3.8) is 0 Å². The van der Waals surface area contributed by atoms with E-state index < -0.39 is 0 Å². The first-order valence-corrected chi connectivity index (χ1v) is 28.2. The lowest BCUT2D eigenvalue weighted by Crippen LogP contribution is -1.83. The fourth-order valence-corrected chi connectivity index (χ4v) is 11.7. The van der Waals surface area contributed by atoms with Crippen LogP contribution in [0.25, 0.3) is 108 Å². The Balaban J connectivity index is 0.000000105. The molecule has 15 aromatic rings. The molecule has 390 valence electrons. The monoisotopic (exact) mass is 1030 g/mol. The van der Waals surface area contributed by atoms with Gasteiger partial charge in [-0.25, -0.2) is 0 Å². The predicted octanol–water partition coefficient (Wildman–Crippen LogP) is 23.0. The average Bonchev–Trinajstić information content (AvgIpc) is 3.46. The highest BCUT2D eigenvalue weighted by Gasteiger charge is 2.07. The lowest BCUT2D eigenvalue weighted by Gasteiger charge is -2.08. The summed E-state index contributed by atoms with van der Waals surface area (Å²) < 4.78 is 0. The topological polar surface area (TPSA) is 0 Å². The van der Waals surface area contributed by atoms with Gasteiger partial charge in [0, 0.05) is 0 Å². The van der Waals surface area contributed by atoms with E-state index in [1.807, 2.05) is 0 Å². The third-order valence-corrected chi connectivity index (χ3v) is 16.1. The molecule has 0 aliphatic rings. The molecule has 0 saturated heterocycles. The molecule has 0 unspecified atom stereocenters. The summed E-state index contributed by atoms with van der Waals surface area (Å²) in [6, 6.07) is 88.2. The van der Waals surface area contributed by atoms with Gasteiger partial charge < -0.3 is 0 Å². The van der Waals surface area contributed by atoms with Gasteiger partial charge in [0.2, 0.25) is 0 Å². The van der Waals surface area contributed by atoms with Crippen LogP contribution >= 0.6 is 0 Å². The summed E-state index contributed by atoms with van der Waals surface area (Å²) in [6.45, 7) is 21.6. The first kappa shape index (κ1) is 52.9. The third-order valence-electron chi connectivity index (χ3n) is 16.1. The Kier molecular flexibility index (Phi) is 15.0. The van der Waals surface area contributed by atoms with Crippen LogP contribution in [0.2, 0.25) is 0 Å². The molecule has 15 rings (SSSR count). The first-order valence-electron chi connectivity index (χ1n) is 28.2. The van der Waals surface area contributed by atoms with Gasteiger partial charge >= 0.3 is 0 Å². The Hall–Kier alpha value is -9.10. The number of rotatable bonds is 0. The summed E-state index contributed by atoms with van der Waals surface area (Å²) >= 11 is 0. The fraction of sp³-hybridized carbons (Fsp3) is 0.125. The highest BCUT2D eigenvalue weighted by molar-refractivity contribution is 6.05. The van der Waals surface area contributed by atoms with Gasteiger partial charge in [0.05, 0.1) is 0 Å². The van der Waals surface area contributed by atoms with E-state index in [0.29, 0.717) is 0 Å². The molecular formula is C80H70. The van der Waals surface area contributed by atoms with Gasteiger partial charge in [-0.3, -0.25) is 0 Å². The van der Waals surface area contributed by atoms with Crippen LogP contribution in [0.15, 0.2) is 243 Å². The molecule has 0 bridgehead atoms. The average molecular weight is 1030 g/mol. The van der Waals surface area contributed by atoms with Gasteiger partial charge in [-0.05, 0) is 236 Å². The summed E-state index contributed by atoms with van der Waals surface area (Å²) in [6.07, 6.45) is 0. The molecule has 15 aromatic carbocycles. The van der Waals surface area contributed by atoms with Gasteiger partial charge in [0.1, 0.15) is 0 Å². The molecule has 0 fully saturated rings. The smallest absolute Gasteiger partial charge is 0.0146 e. The van der Waals surface area contributed by atoms with E-state index >= 15 is 0 Å². The molecule has 0 heteroatoms. The zero-order chi connectivity index (χ0) is 55.6. The lowest BCUT2D eigenvalue weighted by molar-refractivity contribution is 1.49. The molecule has 0 N–H and O–H groups in total. The largest absolute Gasteiger partial charge is 0.0616 e. The minimum atomic E-state index is 1.32. The first-order chi connectivity index (χ1) is 38.7. The summed E-state index contributed by atoms with van der Waals surface area (Å²) in [5.41, 5.74) is 13.4. The molecular weight excluding hydrogens is 961 g/mol. The molecule has 0 nitrogen and oxygen atoms in total. The quantitative estimate of drug-likeness (QED) is 0.133. The summed E-state index contributed by atoms with van der Waals surface area (Å²) in [4.78, 5) is 0. The minimum absolute atomic E-state index is 1.32. The Labute approximate surface area is 472 Å². The fourth-order valence-electron chi connectivity index (χ4n) is 11.7. The lowest BCUT2D eigenvalue weighted by atomic mass is 9.97. The predicted molar refractivity (Wildman–Crippen MR) is 355 cm³/mol. The van der Waals surface area contributed by atoms with Crippen LogP contribution in [0.4, 0.5) is 0 Å². The molecule has 0 saturated carbocycles. The van der Waals surface area contributed by atoms with E-state index in [-0.39, 0.29) is 0 Å². The molecule has 0 atom stereocenters. The van der Waals surface area contributed by atoms with Crippen molar-refractivity contribution in [2.24, 2.45) is 0 Å². The standard InChI is InChI=1S/5C16H14/c1-11-3-5-13-10-16-8-12(2)4-6-14(16)9-15(13)7-11;1-11-3-5-13-9-14-6-4-12(2)8-16(14)10-15(13)7-11;2*1-11-7-8-16-12(2)15-6-4-3-5-13(15)10-14(16)9-11;1-11-7-8-14-10-13-5-3-4-6-15(13)12(2)16(14)9-11/h5*3-10H,1-2H3. The number of aryl methyl sites for hydroxylation is 10. The van der Waals surface area contributed by atoms with Crippen molar-refractivity contribution >= 4 is 108 Å². The zero-order valence-electron chi connectivity index (χ0n) is 48.1. The van der Waals surface area contributed by atoms with Crippen LogP contribution in [-0.2, 0) is 0 Å². The van der Waals surface area contributed by atoms with Gasteiger partial charge in [-0.15, -0.1) is 0 Å². The second-order valence-corrected chi connectivity index (χ2v) is 22.4. The van der Waals surface area contributed by atoms with Crippen molar-refractivity contribution in [3.8, 4) is 0 Å². The number of fused-ring (bicyclic) bond motifs is 10. The van der Waals surface area contributed by atoms with Crippen LogP contribution in [0.1, 0.15) is 55.6 Å². The van der Waals surface area contributed by atoms with E-state index in [9.17, 15) is 0 Å². The SMILES string of the molecule is Cc1ccc2c(C)c3ccccc3cc2c1.Cc1ccc2c(C)c3ccccc3cc2c1.Cc1ccc2cc3cc(C)ccc3cc2c1.Cc1ccc2cc3ccc(C)cc3cc2c1.Cc1ccc2cc3ccccc3c(C)c2c1. The van der Waals surface area contributed by atoms with Crippen molar-refractivity contribution in [1.29, 1.82) is 0 Å². The molecule has 0 heterocycles. The molecule has 80 heavy (non-hydrogen) atoms. The summed E-state index contributed by atoms with van der Waals surface area (Å²) in [5.74, 6) is 0. The van der Waals surface area contributed by atoms with E-state index in [1.165, 1.54) is 163 Å². The summed E-state index contributed by atoms with van der Waals surface area (Å²) in [7, 11) is 0. The van der Waals surface area contributed by atoms with Crippen molar-refractivity contribution in [3.05, 3.63) is 298 Å². The Morgan fingerprint density at radius 1 is 0.138 bits per heavy atom. The number of hydrogen-bond acceptors (Lipinski definition) is 0. The molecule has 0 spiro atoms. The molecule has 0 amide bonds. The van der Waals surface area contributed by atoms with Crippen LogP contribution in [0.5, 0.6) is 0 Å². The third kappa shape index (κ3) is 11.4. The minimum Gasteiger partial charge on any atom is -0.0616 e. The second kappa shape index (κ2) is 22.7. The Morgan fingerprint density at radius 2 is 0.350 bits per heavy atom. The number of hydrogen-bond donors (Lipinski definition) is 0.